The molecule has 2 heteroatoms. The van der Waals surface area contributed by atoms with Gasteiger partial charge < -0.3 is 10.1 Å². The molecule has 0 aromatic heterocycles. The Morgan fingerprint density at radius 3 is 2.53 bits per heavy atom. The van der Waals surface area contributed by atoms with Crippen LogP contribution in [0.4, 0.5) is 0 Å². The molecule has 1 aromatic rings. The predicted octanol–water partition coefficient (Wildman–Crippen LogP) is 3.64. The van der Waals surface area contributed by atoms with Gasteiger partial charge in [0, 0.05) is 13.2 Å². The van der Waals surface area contributed by atoms with E-state index in [4.69, 9.17) is 4.74 Å². The third kappa shape index (κ3) is 4.96. The Bertz CT molecular complexity index is 372. The van der Waals surface area contributed by atoms with Crippen LogP contribution in [-0.4, -0.2) is 25.8 Å². The lowest BCUT2D eigenvalue weighted by molar-refractivity contribution is 0.0653. The highest BCUT2D eigenvalue weighted by Gasteiger charge is 2.20. The van der Waals surface area contributed by atoms with E-state index in [1.807, 2.05) is 7.11 Å². The van der Waals surface area contributed by atoms with Gasteiger partial charge in [-0.3, -0.25) is 0 Å². The van der Waals surface area contributed by atoms with Gasteiger partial charge in [-0.15, -0.1) is 0 Å². The number of hydrogen-bond donors (Lipinski definition) is 1. The molecule has 0 aliphatic carbocycles. The zero-order valence-corrected chi connectivity index (χ0v) is 13.1. The molecular formula is C17H29NO. The summed E-state index contributed by atoms with van der Waals surface area (Å²) in [5.41, 5.74) is 4.14. The van der Waals surface area contributed by atoms with Gasteiger partial charge in [0.05, 0.1) is 6.10 Å². The highest BCUT2D eigenvalue weighted by Crippen LogP contribution is 2.16. The number of benzene rings is 1. The van der Waals surface area contributed by atoms with Gasteiger partial charge in [0.15, 0.2) is 0 Å². The van der Waals surface area contributed by atoms with Crippen LogP contribution in [0.1, 0.15) is 43.4 Å². The molecule has 108 valence electrons. The molecule has 0 aliphatic rings. The number of methoxy groups -OCH3 is 1. The Kier molecular flexibility index (Phi) is 7.11. The van der Waals surface area contributed by atoms with E-state index >= 15 is 0 Å². The second-order valence-corrected chi connectivity index (χ2v) is 5.38. The fourth-order valence-electron chi connectivity index (χ4n) is 2.54. The summed E-state index contributed by atoms with van der Waals surface area (Å²) in [6.07, 6.45) is 3.53. The average Bonchev–Trinajstić information content (AvgIpc) is 2.41. The van der Waals surface area contributed by atoms with Gasteiger partial charge in [0.2, 0.25) is 0 Å². The lowest BCUT2D eigenvalue weighted by atomic mass is 9.95. The molecule has 2 unspecified atom stereocenters. The third-order valence-corrected chi connectivity index (χ3v) is 3.75. The smallest absolute Gasteiger partial charge is 0.0724 e. The Hall–Kier alpha value is -0.860. The lowest BCUT2D eigenvalue weighted by Crippen LogP contribution is -2.42. The van der Waals surface area contributed by atoms with E-state index in [0.717, 1.165) is 25.8 Å². The molecule has 0 saturated carbocycles. The minimum atomic E-state index is 0.284. The van der Waals surface area contributed by atoms with Crippen molar-refractivity contribution in [2.24, 2.45) is 0 Å². The van der Waals surface area contributed by atoms with Crippen molar-refractivity contribution in [3.8, 4) is 0 Å². The van der Waals surface area contributed by atoms with Crippen LogP contribution in [0.15, 0.2) is 18.2 Å². The highest BCUT2D eigenvalue weighted by atomic mass is 16.5. The van der Waals surface area contributed by atoms with Crippen LogP contribution in [0.2, 0.25) is 0 Å². The normalized spacial score (nSPS) is 14.4. The van der Waals surface area contributed by atoms with Gasteiger partial charge in [-0.05, 0) is 50.8 Å². The molecule has 1 aromatic carbocycles. The fourth-order valence-corrected chi connectivity index (χ4v) is 2.54. The summed E-state index contributed by atoms with van der Waals surface area (Å²) >= 11 is 0. The topological polar surface area (TPSA) is 21.3 Å². The van der Waals surface area contributed by atoms with E-state index < -0.39 is 0 Å². The number of rotatable bonds is 8. The van der Waals surface area contributed by atoms with Crippen LogP contribution in [0.5, 0.6) is 0 Å². The minimum Gasteiger partial charge on any atom is -0.380 e. The van der Waals surface area contributed by atoms with Crippen molar-refractivity contribution in [1.82, 2.24) is 5.32 Å². The number of nitrogens with one attached hydrogen (secondary N) is 1. The zero-order chi connectivity index (χ0) is 14.3. The molecule has 19 heavy (non-hydrogen) atoms. The predicted molar refractivity (Wildman–Crippen MR) is 82.8 cm³/mol. The van der Waals surface area contributed by atoms with Crippen LogP contribution in [0.3, 0.4) is 0 Å². The third-order valence-electron chi connectivity index (χ3n) is 3.75. The first-order chi connectivity index (χ1) is 9.12. The van der Waals surface area contributed by atoms with Crippen LogP contribution >= 0.6 is 0 Å². The van der Waals surface area contributed by atoms with Crippen molar-refractivity contribution < 1.29 is 4.74 Å². The minimum absolute atomic E-state index is 0.284. The maximum Gasteiger partial charge on any atom is 0.0724 e. The molecule has 0 aliphatic heterocycles. The van der Waals surface area contributed by atoms with Crippen molar-refractivity contribution in [1.29, 1.82) is 0 Å². The monoisotopic (exact) mass is 263 g/mol. The summed E-state index contributed by atoms with van der Waals surface area (Å²) in [6, 6.07) is 7.10. The van der Waals surface area contributed by atoms with E-state index in [0.29, 0.717) is 6.04 Å². The van der Waals surface area contributed by atoms with Crippen LogP contribution < -0.4 is 5.32 Å². The standard InChI is InChI=1S/C17H29NO/c1-6-10-18-16(17(7-2)19-5)12-15-11-13(3)8-9-14(15)4/h8-9,11,16-18H,6-7,10,12H2,1-5H3. The Morgan fingerprint density at radius 2 is 1.95 bits per heavy atom. The van der Waals surface area contributed by atoms with E-state index in [1.54, 1.807) is 0 Å². The van der Waals surface area contributed by atoms with Gasteiger partial charge in [-0.2, -0.15) is 0 Å². The first-order valence-electron chi connectivity index (χ1n) is 7.44. The molecule has 1 N–H and O–H groups in total. The van der Waals surface area contributed by atoms with Gasteiger partial charge in [0.25, 0.3) is 0 Å². The van der Waals surface area contributed by atoms with Crippen LogP contribution in [0.25, 0.3) is 0 Å². The molecule has 2 nitrogen and oxygen atoms in total. The summed E-state index contributed by atoms with van der Waals surface area (Å²) in [5, 5.41) is 3.64. The summed E-state index contributed by atoms with van der Waals surface area (Å²) in [6.45, 7) is 9.80. The first kappa shape index (κ1) is 16.2. The molecule has 0 amide bonds. The van der Waals surface area contributed by atoms with E-state index in [1.165, 1.54) is 16.7 Å². The van der Waals surface area contributed by atoms with Crippen molar-refractivity contribution in [2.75, 3.05) is 13.7 Å². The number of ether oxygens (including phenoxy) is 1. The highest BCUT2D eigenvalue weighted by molar-refractivity contribution is 5.31. The molecule has 0 radical (unpaired) electrons. The van der Waals surface area contributed by atoms with Crippen LogP contribution in [0, 0.1) is 13.8 Å². The Balaban J connectivity index is 2.83. The van der Waals surface area contributed by atoms with E-state index in [-0.39, 0.29) is 6.10 Å². The van der Waals surface area contributed by atoms with Crippen molar-refractivity contribution in [3.05, 3.63) is 34.9 Å². The molecule has 2 atom stereocenters. The number of hydrogen-bond acceptors (Lipinski definition) is 2. The molecule has 0 heterocycles. The van der Waals surface area contributed by atoms with Crippen molar-refractivity contribution in [3.63, 3.8) is 0 Å². The maximum absolute atomic E-state index is 5.64. The zero-order valence-electron chi connectivity index (χ0n) is 13.1. The molecule has 0 fully saturated rings. The molecule has 1 rings (SSSR count). The van der Waals surface area contributed by atoms with Crippen molar-refractivity contribution in [2.45, 2.75) is 59.1 Å². The quantitative estimate of drug-likeness (QED) is 0.773. The average molecular weight is 263 g/mol. The molecule has 0 saturated heterocycles. The van der Waals surface area contributed by atoms with Gasteiger partial charge in [-0.25, -0.2) is 0 Å². The van der Waals surface area contributed by atoms with Gasteiger partial charge in [0.1, 0.15) is 0 Å². The second kappa shape index (κ2) is 8.34. The Labute approximate surface area is 118 Å². The second-order valence-electron chi connectivity index (χ2n) is 5.38. The van der Waals surface area contributed by atoms with Crippen LogP contribution in [-0.2, 0) is 11.2 Å². The SMILES string of the molecule is CCCNC(Cc1cc(C)ccc1C)C(CC)OC. The largest absolute Gasteiger partial charge is 0.380 e. The van der Waals surface area contributed by atoms with Gasteiger partial charge >= 0.3 is 0 Å². The maximum atomic E-state index is 5.64. The van der Waals surface area contributed by atoms with Gasteiger partial charge in [-0.1, -0.05) is 37.6 Å². The van der Waals surface area contributed by atoms with E-state index in [9.17, 15) is 0 Å². The summed E-state index contributed by atoms with van der Waals surface area (Å²) in [7, 11) is 1.82. The summed E-state index contributed by atoms with van der Waals surface area (Å²) in [5.74, 6) is 0. The molecule has 0 bridgehead atoms. The summed E-state index contributed by atoms with van der Waals surface area (Å²) < 4.78 is 5.64. The summed E-state index contributed by atoms with van der Waals surface area (Å²) in [4.78, 5) is 0. The lowest BCUT2D eigenvalue weighted by Gasteiger charge is -2.27. The first-order valence-corrected chi connectivity index (χ1v) is 7.44. The molecular weight excluding hydrogens is 234 g/mol. The van der Waals surface area contributed by atoms with Crippen molar-refractivity contribution >= 4 is 0 Å². The van der Waals surface area contributed by atoms with E-state index in [2.05, 4.69) is 51.2 Å². The number of aryl methyl sites for hydroxylation is 2. The fraction of sp³-hybridized carbons (Fsp3) is 0.647. The Morgan fingerprint density at radius 1 is 1.21 bits per heavy atom. The molecule has 0 spiro atoms.